The van der Waals surface area contributed by atoms with E-state index in [-0.39, 0.29) is 5.91 Å². The molecule has 5 nitrogen and oxygen atoms in total. The molecule has 132 valence electrons. The zero-order chi connectivity index (χ0) is 17.1. The number of carbonyl (C=O) groups is 1. The molecule has 25 heavy (non-hydrogen) atoms. The first kappa shape index (κ1) is 16.6. The van der Waals surface area contributed by atoms with Crippen molar-refractivity contribution in [3.8, 4) is 0 Å². The van der Waals surface area contributed by atoms with Gasteiger partial charge in [-0.05, 0) is 43.7 Å². The lowest BCUT2D eigenvalue weighted by Crippen LogP contribution is -2.39. The molecule has 0 aromatic carbocycles. The van der Waals surface area contributed by atoms with E-state index < -0.39 is 0 Å². The highest BCUT2D eigenvalue weighted by Gasteiger charge is 2.28. The first-order valence-corrected chi connectivity index (χ1v) is 10.1. The molecular weight excluding hydrogens is 332 g/mol. The predicted octanol–water partition coefficient (Wildman–Crippen LogP) is 3.19. The lowest BCUT2D eigenvalue weighted by Gasteiger charge is -2.32. The van der Waals surface area contributed by atoms with Crippen LogP contribution in [0, 0.1) is 5.92 Å². The summed E-state index contributed by atoms with van der Waals surface area (Å²) in [6, 6.07) is 3.90. The molecule has 1 aliphatic carbocycles. The second-order valence-electron chi connectivity index (χ2n) is 7.01. The number of likely N-dealkylation sites (tertiary alicyclic amines) is 1. The molecular formula is C19H24N4OS. The molecule has 6 heteroatoms. The molecule has 2 aromatic rings. The van der Waals surface area contributed by atoms with Crippen LogP contribution in [0.5, 0.6) is 0 Å². The van der Waals surface area contributed by atoms with Crippen LogP contribution in [-0.2, 0) is 11.3 Å². The third kappa shape index (κ3) is 4.24. The van der Waals surface area contributed by atoms with Gasteiger partial charge in [0.05, 0.1) is 5.75 Å². The fraction of sp³-hybridized carbons (Fsp3) is 0.526. The zero-order valence-corrected chi connectivity index (χ0v) is 15.2. The number of thioether (sulfide) groups is 1. The van der Waals surface area contributed by atoms with Crippen LogP contribution >= 0.6 is 11.8 Å². The van der Waals surface area contributed by atoms with Gasteiger partial charge in [-0.1, -0.05) is 0 Å². The number of hydrogen-bond donors (Lipinski definition) is 0. The van der Waals surface area contributed by atoms with E-state index in [9.17, 15) is 4.79 Å². The minimum atomic E-state index is 0.238. The number of piperidine rings is 1. The topological polar surface area (TPSA) is 51.0 Å². The predicted molar refractivity (Wildman–Crippen MR) is 98.5 cm³/mol. The lowest BCUT2D eigenvalue weighted by atomic mass is 9.96. The highest BCUT2D eigenvalue weighted by Crippen LogP contribution is 2.33. The molecule has 1 aliphatic heterocycles. The Morgan fingerprint density at radius 2 is 1.88 bits per heavy atom. The van der Waals surface area contributed by atoms with Gasteiger partial charge in [-0.2, -0.15) is 0 Å². The maximum atomic E-state index is 12.5. The molecule has 2 fully saturated rings. The average Bonchev–Trinajstić information content (AvgIpc) is 3.36. The molecule has 0 N–H and O–H groups in total. The highest BCUT2D eigenvalue weighted by molar-refractivity contribution is 8.00. The molecule has 0 atom stereocenters. The van der Waals surface area contributed by atoms with E-state index in [0.717, 1.165) is 43.3 Å². The maximum Gasteiger partial charge on any atom is 0.232 e. The summed E-state index contributed by atoms with van der Waals surface area (Å²) in [5.74, 6) is 3.32. The van der Waals surface area contributed by atoms with Gasteiger partial charge in [-0.25, -0.2) is 4.98 Å². The molecule has 1 saturated heterocycles. The molecule has 2 aromatic heterocycles. The van der Waals surface area contributed by atoms with Crippen molar-refractivity contribution in [3.05, 3.63) is 42.7 Å². The van der Waals surface area contributed by atoms with Crippen molar-refractivity contribution in [2.75, 3.05) is 18.8 Å². The van der Waals surface area contributed by atoms with Crippen molar-refractivity contribution in [1.82, 2.24) is 19.4 Å². The molecule has 4 rings (SSSR count). The second-order valence-corrected chi connectivity index (χ2v) is 8.06. The number of carbonyl (C=O) groups excluding carboxylic acids is 1. The van der Waals surface area contributed by atoms with Gasteiger partial charge in [0.25, 0.3) is 0 Å². The second kappa shape index (κ2) is 7.60. The standard InChI is InChI=1S/C19H24N4OS/c24-18(14-25-17-3-7-20-8-4-17)22-10-5-16(6-11-22)19-21-9-12-23(19)13-15-1-2-15/h3-4,7-9,12,15-16H,1-2,5-6,10-11,13-14H2. The zero-order valence-electron chi connectivity index (χ0n) is 14.4. The number of hydrogen-bond acceptors (Lipinski definition) is 4. The first-order valence-electron chi connectivity index (χ1n) is 9.11. The molecule has 1 saturated carbocycles. The Labute approximate surface area is 152 Å². The number of imidazole rings is 1. The minimum absolute atomic E-state index is 0.238. The summed E-state index contributed by atoms with van der Waals surface area (Å²) in [6.07, 6.45) is 12.3. The normalized spacial score (nSPS) is 18.5. The lowest BCUT2D eigenvalue weighted by molar-refractivity contribution is -0.129. The van der Waals surface area contributed by atoms with Crippen molar-refractivity contribution in [2.45, 2.75) is 43.0 Å². The Bertz CT molecular complexity index is 705. The fourth-order valence-corrected chi connectivity index (χ4v) is 4.26. The van der Waals surface area contributed by atoms with E-state index in [1.54, 1.807) is 24.2 Å². The quantitative estimate of drug-likeness (QED) is 0.746. The monoisotopic (exact) mass is 356 g/mol. The van der Waals surface area contributed by atoms with Crippen LogP contribution in [0.4, 0.5) is 0 Å². The van der Waals surface area contributed by atoms with Gasteiger partial charge in [0.15, 0.2) is 0 Å². The fourth-order valence-electron chi connectivity index (χ4n) is 3.47. The van der Waals surface area contributed by atoms with Gasteiger partial charge in [-0.3, -0.25) is 9.78 Å². The summed E-state index contributed by atoms with van der Waals surface area (Å²) in [5, 5.41) is 0. The Kier molecular flexibility index (Phi) is 5.06. The van der Waals surface area contributed by atoms with Crippen molar-refractivity contribution in [2.24, 2.45) is 5.92 Å². The number of nitrogens with zero attached hydrogens (tertiary/aromatic N) is 4. The van der Waals surface area contributed by atoms with Crippen LogP contribution in [0.2, 0.25) is 0 Å². The number of rotatable bonds is 6. The van der Waals surface area contributed by atoms with Gasteiger partial charge in [0.2, 0.25) is 5.91 Å². The van der Waals surface area contributed by atoms with Crippen molar-refractivity contribution < 1.29 is 4.79 Å². The maximum absolute atomic E-state index is 12.5. The van der Waals surface area contributed by atoms with Crippen LogP contribution in [0.15, 0.2) is 41.8 Å². The average molecular weight is 356 g/mol. The molecule has 0 spiro atoms. The highest BCUT2D eigenvalue weighted by atomic mass is 32.2. The van der Waals surface area contributed by atoms with Crippen molar-refractivity contribution in [3.63, 3.8) is 0 Å². The number of amides is 1. The summed E-state index contributed by atoms with van der Waals surface area (Å²) in [4.78, 5) is 24.2. The van der Waals surface area contributed by atoms with Crippen LogP contribution < -0.4 is 0 Å². The van der Waals surface area contributed by atoms with Crippen molar-refractivity contribution in [1.29, 1.82) is 0 Å². The summed E-state index contributed by atoms with van der Waals surface area (Å²) < 4.78 is 2.35. The molecule has 2 aliphatic rings. The van der Waals surface area contributed by atoms with Crippen LogP contribution in [-0.4, -0.2) is 44.2 Å². The van der Waals surface area contributed by atoms with E-state index in [1.807, 2.05) is 23.2 Å². The van der Waals surface area contributed by atoms with Crippen LogP contribution in [0.3, 0.4) is 0 Å². The largest absolute Gasteiger partial charge is 0.342 e. The smallest absolute Gasteiger partial charge is 0.232 e. The van der Waals surface area contributed by atoms with Gasteiger partial charge in [0, 0.05) is 55.2 Å². The summed E-state index contributed by atoms with van der Waals surface area (Å²) in [5.41, 5.74) is 0. The van der Waals surface area contributed by atoms with Gasteiger partial charge >= 0.3 is 0 Å². The van der Waals surface area contributed by atoms with E-state index >= 15 is 0 Å². The van der Waals surface area contributed by atoms with E-state index in [0.29, 0.717) is 11.7 Å². The Balaban J connectivity index is 1.28. The SMILES string of the molecule is O=C(CSc1ccncc1)N1CCC(c2nccn2CC2CC2)CC1. The molecule has 0 bridgehead atoms. The number of pyridine rings is 1. The summed E-state index contributed by atoms with van der Waals surface area (Å²) >= 11 is 1.59. The third-order valence-electron chi connectivity index (χ3n) is 5.12. The van der Waals surface area contributed by atoms with Gasteiger partial charge in [0.1, 0.15) is 5.82 Å². The van der Waals surface area contributed by atoms with Crippen molar-refractivity contribution >= 4 is 17.7 Å². The molecule has 1 amide bonds. The van der Waals surface area contributed by atoms with Crippen LogP contribution in [0.1, 0.15) is 37.4 Å². The Morgan fingerprint density at radius 3 is 2.60 bits per heavy atom. The van der Waals surface area contributed by atoms with E-state index in [2.05, 4.69) is 20.7 Å². The first-order chi connectivity index (χ1) is 12.3. The molecule has 3 heterocycles. The minimum Gasteiger partial charge on any atom is -0.342 e. The molecule has 0 radical (unpaired) electrons. The third-order valence-corrected chi connectivity index (χ3v) is 6.12. The van der Waals surface area contributed by atoms with Gasteiger partial charge < -0.3 is 9.47 Å². The van der Waals surface area contributed by atoms with E-state index in [4.69, 9.17) is 0 Å². The van der Waals surface area contributed by atoms with Gasteiger partial charge in [-0.15, -0.1) is 11.8 Å². The summed E-state index contributed by atoms with van der Waals surface area (Å²) in [6.45, 7) is 2.81. The summed E-state index contributed by atoms with van der Waals surface area (Å²) in [7, 11) is 0. The van der Waals surface area contributed by atoms with Crippen LogP contribution in [0.25, 0.3) is 0 Å². The van der Waals surface area contributed by atoms with E-state index in [1.165, 1.54) is 18.7 Å². The number of aromatic nitrogens is 3. The molecule has 0 unspecified atom stereocenters. The Morgan fingerprint density at radius 1 is 1.12 bits per heavy atom. The Hall–Kier alpha value is -1.82.